The molecule has 0 saturated heterocycles. The van der Waals surface area contributed by atoms with Crippen molar-refractivity contribution in [3.05, 3.63) is 11.9 Å². The van der Waals surface area contributed by atoms with Crippen LogP contribution in [0.15, 0.2) is 11.9 Å². The Morgan fingerprint density at radius 1 is 1.55 bits per heavy atom. The summed E-state index contributed by atoms with van der Waals surface area (Å²) in [5, 5.41) is 8.10. The third kappa shape index (κ3) is 5.58. The van der Waals surface area contributed by atoms with Crippen molar-refractivity contribution >= 4 is 5.97 Å². The molecule has 0 aromatic rings. The molecule has 0 aliphatic carbocycles. The van der Waals surface area contributed by atoms with Crippen LogP contribution in [-0.4, -0.2) is 11.1 Å². The molecule has 0 unspecified atom stereocenters. The van der Waals surface area contributed by atoms with Gasteiger partial charge in [0.15, 0.2) is 0 Å². The third-order valence-electron chi connectivity index (χ3n) is 1.34. The topological polar surface area (TPSA) is 37.3 Å². The first kappa shape index (κ1) is 10.1. The van der Waals surface area contributed by atoms with E-state index in [9.17, 15) is 9.18 Å². The standard InChI is InChI=1S/C8H13FO2/c1-2-3-4-5-6-7(9)8(10)11/h6H,2-5H2,1H3,(H,10,11). The number of carbonyl (C=O) groups is 1. The maximum absolute atomic E-state index is 12.2. The molecule has 0 aliphatic rings. The zero-order valence-electron chi connectivity index (χ0n) is 6.64. The number of carboxylic acids is 1. The normalized spacial score (nSPS) is 11.6. The molecule has 11 heavy (non-hydrogen) atoms. The summed E-state index contributed by atoms with van der Waals surface area (Å²) >= 11 is 0. The predicted octanol–water partition coefficient (Wildman–Crippen LogP) is 2.50. The van der Waals surface area contributed by atoms with Gasteiger partial charge in [0.25, 0.3) is 0 Å². The lowest BCUT2D eigenvalue weighted by Gasteiger charge is -1.91. The number of hydrogen-bond donors (Lipinski definition) is 1. The van der Waals surface area contributed by atoms with Gasteiger partial charge in [-0.25, -0.2) is 4.79 Å². The maximum Gasteiger partial charge on any atom is 0.364 e. The summed E-state index contributed by atoms with van der Waals surface area (Å²) in [5.41, 5.74) is 0. The van der Waals surface area contributed by atoms with E-state index in [1.54, 1.807) is 0 Å². The fourth-order valence-electron chi connectivity index (χ4n) is 0.710. The Kier molecular flexibility index (Phi) is 5.43. The minimum absolute atomic E-state index is 0.520. The van der Waals surface area contributed by atoms with E-state index < -0.39 is 11.8 Å². The van der Waals surface area contributed by atoms with Gasteiger partial charge in [-0.1, -0.05) is 19.8 Å². The molecule has 0 fully saturated rings. The first-order chi connectivity index (χ1) is 5.18. The van der Waals surface area contributed by atoms with E-state index in [0.717, 1.165) is 25.3 Å². The molecule has 0 rings (SSSR count). The van der Waals surface area contributed by atoms with Gasteiger partial charge in [-0.2, -0.15) is 4.39 Å². The van der Waals surface area contributed by atoms with Crippen LogP contribution < -0.4 is 0 Å². The van der Waals surface area contributed by atoms with Crippen molar-refractivity contribution in [3.63, 3.8) is 0 Å². The summed E-state index contributed by atoms with van der Waals surface area (Å²) in [4.78, 5) is 9.92. The Morgan fingerprint density at radius 2 is 2.18 bits per heavy atom. The van der Waals surface area contributed by atoms with E-state index in [2.05, 4.69) is 0 Å². The van der Waals surface area contributed by atoms with Gasteiger partial charge >= 0.3 is 5.97 Å². The van der Waals surface area contributed by atoms with E-state index in [4.69, 9.17) is 5.11 Å². The third-order valence-corrected chi connectivity index (χ3v) is 1.34. The fraction of sp³-hybridized carbons (Fsp3) is 0.625. The highest BCUT2D eigenvalue weighted by Crippen LogP contribution is 2.04. The molecular weight excluding hydrogens is 147 g/mol. The lowest BCUT2D eigenvalue weighted by Crippen LogP contribution is -1.94. The first-order valence-electron chi connectivity index (χ1n) is 3.77. The van der Waals surface area contributed by atoms with Crippen molar-refractivity contribution < 1.29 is 14.3 Å². The summed E-state index contributed by atoms with van der Waals surface area (Å²) in [7, 11) is 0. The minimum atomic E-state index is -1.47. The highest BCUT2D eigenvalue weighted by Gasteiger charge is 2.02. The van der Waals surface area contributed by atoms with Crippen LogP contribution in [0.3, 0.4) is 0 Å². The van der Waals surface area contributed by atoms with E-state index in [1.165, 1.54) is 0 Å². The molecule has 0 heterocycles. The van der Waals surface area contributed by atoms with Crippen LogP contribution in [0.5, 0.6) is 0 Å². The number of halogens is 1. The van der Waals surface area contributed by atoms with Gasteiger partial charge < -0.3 is 5.11 Å². The van der Waals surface area contributed by atoms with Crippen molar-refractivity contribution in [2.24, 2.45) is 0 Å². The summed E-state index contributed by atoms with van der Waals surface area (Å²) in [6.07, 6.45) is 4.58. The van der Waals surface area contributed by atoms with Gasteiger partial charge in [-0.15, -0.1) is 0 Å². The monoisotopic (exact) mass is 160 g/mol. The Balaban J connectivity index is 3.48. The summed E-state index contributed by atoms with van der Waals surface area (Å²) in [6.45, 7) is 2.04. The van der Waals surface area contributed by atoms with Crippen molar-refractivity contribution in [3.8, 4) is 0 Å². The molecule has 1 N–H and O–H groups in total. The molecule has 0 amide bonds. The molecule has 64 valence electrons. The zero-order chi connectivity index (χ0) is 8.69. The Morgan fingerprint density at radius 3 is 2.64 bits per heavy atom. The molecule has 0 spiro atoms. The average molecular weight is 160 g/mol. The van der Waals surface area contributed by atoms with E-state index in [1.807, 2.05) is 6.92 Å². The summed E-state index contributed by atoms with van der Waals surface area (Å²) in [6, 6.07) is 0. The molecular formula is C8H13FO2. The number of allylic oxidation sites excluding steroid dienone is 1. The van der Waals surface area contributed by atoms with Crippen LogP contribution in [0, 0.1) is 0 Å². The molecule has 0 aromatic heterocycles. The smallest absolute Gasteiger partial charge is 0.364 e. The number of rotatable bonds is 5. The van der Waals surface area contributed by atoms with Gasteiger partial charge in [0, 0.05) is 0 Å². The zero-order valence-corrected chi connectivity index (χ0v) is 6.64. The summed E-state index contributed by atoms with van der Waals surface area (Å²) in [5.74, 6) is -2.51. The van der Waals surface area contributed by atoms with Gasteiger partial charge in [-0.3, -0.25) is 0 Å². The second kappa shape index (κ2) is 5.89. The van der Waals surface area contributed by atoms with Crippen LogP contribution in [-0.2, 0) is 4.79 Å². The van der Waals surface area contributed by atoms with Gasteiger partial charge in [0.05, 0.1) is 0 Å². The second-order valence-electron chi connectivity index (χ2n) is 2.35. The number of hydrogen-bond acceptors (Lipinski definition) is 1. The quantitative estimate of drug-likeness (QED) is 0.495. The molecule has 0 bridgehead atoms. The van der Waals surface area contributed by atoms with Crippen LogP contribution >= 0.6 is 0 Å². The first-order valence-corrected chi connectivity index (χ1v) is 3.77. The molecule has 2 nitrogen and oxygen atoms in total. The molecule has 0 aromatic carbocycles. The molecule has 0 saturated carbocycles. The van der Waals surface area contributed by atoms with Crippen LogP contribution in [0.4, 0.5) is 4.39 Å². The maximum atomic E-state index is 12.2. The SMILES string of the molecule is CCCCCC=C(F)C(=O)O. The molecule has 3 heteroatoms. The summed E-state index contributed by atoms with van der Waals surface area (Å²) < 4.78 is 12.2. The second-order valence-corrected chi connectivity index (χ2v) is 2.35. The van der Waals surface area contributed by atoms with E-state index in [0.29, 0.717) is 6.42 Å². The molecule has 0 atom stereocenters. The van der Waals surface area contributed by atoms with Crippen molar-refractivity contribution in [2.75, 3.05) is 0 Å². The number of aliphatic carboxylic acids is 1. The van der Waals surface area contributed by atoms with Crippen molar-refractivity contribution in [1.82, 2.24) is 0 Å². The molecule has 0 aliphatic heterocycles. The van der Waals surface area contributed by atoms with Crippen LogP contribution in [0.25, 0.3) is 0 Å². The van der Waals surface area contributed by atoms with Crippen molar-refractivity contribution in [1.29, 1.82) is 0 Å². The largest absolute Gasteiger partial charge is 0.476 e. The predicted molar refractivity (Wildman–Crippen MR) is 41.0 cm³/mol. The Bertz CT molecular complexity index is 152. The lowest BCUT2D eigenvalue weighted by atomic mass is 10.2. The Hall–Kier alpha value is -0.860. The van der Waals surface area contributed by atoms with Crippen LogP contribution in [0.1, 0.15) is 32.6 Å². The lowest BCUT2D eigenvalue weighted by molar-refractivity contribution is -0.134. The highest BCUT2D eigenvalue weighted by molar-refractivity contribution is 5.83. The number of unbranched alkanes of at least 4 members (excludes halogenated alkanes) is 3. The molecule has 0 radical (unpaired) electrons. The minimum Gasteiger partial charge on any atom is -0.476 e. The number of carboxylic acid groups (broad SMARTS) is 1. The highest BCUT2D eigenvalue weighted by atomic mass is 19.1. The van der Waals surface area contributed by atoms with Crippen molar-refractivity contribution in [2.45, 2.75) is 32.6 Å². The fourth-order valence-corrected chi connectivity index (χ4v) is 0.710. The van der Waals surface area contributed by atoms with E-state index >= 15 is 0 Å². The Labute approximate surface area is 65.7 Å². The van der Waals surface area contributed by atoms with Crippen LogP contribution in [0.2, 0.25) is 0 Å². The van der Waals surface area contributed by atoms with Gasteiger partial charge in [0.2, 0.25) is 5.83 Å². The average Bonchev–Trinajstić information content (AvgIpc) is 1.97. The van der Waals surface area contributed by atoms with E-state index in [-0.39, 0.29) is 0 Å². The van der Waals surface area contributed by atoms with Gasteiger partial charge in [-0.05, 0) is 18.9 Å². The van der Waals surface area contributed by atoms with Gasteiger partial charge in [0.1, 0.15) is 0 Å².